The number of unbranched alkanes of at least 4 members (excludes halogenated alkanes) is 9. The number of aromatic amines is 1. The Labute approximate surface area is 282 Å². The molecule has 1 aromatic heterocycles. The largest absolute Gasteiger partial charge is 0.478 e. The Kier molecular flexibility index (Phi) is 13.9. The van der Waals surface area contributed by atoms with Gasteiger partial charge in [-0.05, 0) is 41.8 Å². The fourth-order valence-electron chi connectivity index (χ4n) is 5.47. The number of carbonyl (C=O) groups is 3. The fraction of sp³-hybridized carbons (Fsp3) is 0.300. The van der Waals surface area contributed by atoms with Crippen LogP contribution in [0.4, 0.5) is 0 Å². The van der Waals surface area contributed by atoms with E-state index in [2.05, 4.69) is 17.2 Å². The number of aromatic nitrogens is 2. The summed E-state index contributed by atoms with van der Waals surface area (Å²) < 4.78 is 0. The van der Waals surface area contributed by atoms with Crippen molar-refractivity contribution in [1.29, 1.82) is 0 Å². The topological polar surface area (TPSA) is 132 Å². The Hall–Kier alpha value is -5.24. The molecular formula is C40H45N3O5. The summed E-state index contributed by atoms with van der Waals surface area (Å²) in [6.45, 7) is 2.90. The van der Waals surface area contributed by atoms with Crippen LogP contribution in [0.3, 0.4) is 0 Å². The van der Waals surface area contributed by atoms with E-state index in [0.29, 0.717) is 23.6 Å². The average Bonchev–Trinajstić information content (AvgIpc) is 3.55. The fourth-order valence-corrected chi connectivity index (χ4v) is 5.47. The van der Waals surface area contributed by atoms with Crippen molar-refractivity contribution in [3.8, 4) is 33.9 Å². The van der Waals surface area contributed by atoms with Crippen LogP contribution in [0.25, 0.3) is 46.1 Å². The van der Waals surface area contributed by atoms with E-state index in [9.17, 15) is 14.4 Å². The van der Waals surface area contributed by atoms with E-state index in [-0.39, 0.29) is 5.91 Å². The minimum Gasteiger partial charge on any atom is -0.478 e. The molecule has 0 aliphatic rings. The molecular weight excluding hydrogens is 602 g/mol. The lowest BCUT2D eigenvalue weighted by atomic mass is 10.0. The van der Waals surface area contributed by atoms with Gasteiger partial charge in [0.05, 0.1) is 11.4 Å². The van der Waals surface area contributed by atoms with E-state index in [1.165, 1.54) is 63.5 Å². The Bertz CT molecular complexity index is 1680. The maximum atomic E-state index is 12.9. The molecule has 4 N–H and O–H groups in total. The number of imidazole rings is 1. The first-order valence-electron chi connectivity index (χ1n) is 16.9. The summed E-state index contributed by atoms with van der Waals surface area (Å²) in [5, 5.41) is 20.9. The van der Waals surface area contributed by atoms with Crippen LogP contribution in [-0.2, 0) is 9.59 Å². The van der Waals surface area contributed by atoms with Gasteiger partial charge in [0, 0.05) is 41.0 Å². The van der Waals surface area contributed by atoms with Crippen LogP contribution in [0.1, 0.15) is 92.6 Å². The third kappa shape index (κ3) is 11.2. The molecule has 0 aliphatic heterocycles. The third-order valence-corrected chi connectivity index (χ3v) is 8.16. The number of aliphatic carboxylic acids is 2. The first kappa shape index (κ1) is 35.6. The van der Waals surface area contributed by atoms with Crippen LogP contribution in [-0.4, -0.2) is 44.6 Å². The van der Waals surface area contributed by atoms with E-state index in [1.54, 1.807) is 0 Å². The van der Waals surface area contributed by atoms with Crippen molar-refractivity contribution in [1.82, 2.24) is 15.3 Å². The highest BCUT2D eigenvalue weighted by Gasteiger charge is 2.16. The Morgan fingerprint density at radius 2 is 1.12 bits per heavy atom. The molecule has 8 nitrogen and oxygen atoms in total. The summed E-state index contributed by atoms with van der Waals surface area (Å²) in [6, 6.07) is 22.3. The molecule has 0 radical (unpaired) electrons. The van der Waals surface area contributed by atoms with Gasteiger partial charge in [0.1, 0.15) is 5.82 Å². The van der Waals surface area contributed by atoms with E-state index in [0.717, 1.165) is 58.5 Å². The van der Waals surface area contributed by atoms with Gasteiger partial charge in [0.25, 0.3) is 5.91 Å². The lowest BCUT2D eigenvalue weighted by Crippen LogP contribution is -2.24. The van der Waals surface area contributed by atoms with Gasteiger partial charge in [-0.3, -0.25) is 4.79 Å². The summed E-state index contributed by atoms with van der Waals surface area (Å²) in [5.74, 6) is -1.49. The van der Waals surface area contributed by atoms with Gasteiger partial charge in [0.15, 0.2) is 0 Å². The Morgan fingerprint density at radius 1 is 0.646 bits per heavy atom. The van der Waals surface area contributed by atoms with Crippen molar-refractivity contribution in [3.63, 3.8) is 0 Å². The van der Waals surface area contributed by atoms with Crippen LogP contribution in [0.15, 0.2) is 84.9 Å². The summed E-state index contributed by atoms with van der Waals surface area (Å²) in [7, 11) is 0. The van der Waals surface area contributed by atoms with Crippen LogP contribution >= 0.6 is 0 Å². The van der Waals surface area contributed by atoms with Gasteiger partial charge in [0.2, 0.25) is 0 Å². The number of carbonyl (C=O) groups excluding carboxylic acids is 1. The first-order valence-corrected chi connectivity index (χ1v) is 16.9. The summed E-state index contributed by atoms with van der Waals surface area (Å²) in [6.07, 6.45) is 17.8. The number of carboxylic acid groups (broad SMARTS) is 2. The third-order valence-electron chi connectivity index (χ3n) is 8.16. The SMILES string of the molecule is CCCCCCCCCCCCNC(=O)c1ccc(-c2nc(-c3ccc(/C=C/C(=O)O)cc3)[nH]c2-c2ccc(/C=C/C(=O)O)cc2)cc1. The molecule has 0 unspecified atom stereocenters. The zero-order valence-corrected chi connectivity index (χ0v) is 27.6. The van der Waals surface area contributed by atoms with Crippen molar-refractivity contribution in [2.24, 2.45) is 0 Å². The smallest absolute Gasteiger partial charge is 0.328 e. The van der Waals surface area contributed by atoms with Crippen molar-refractivity contribution in [2.45, 2.75) is 71.1 Å². The lowest BCUT2D eigenvalue weighted by Gasteiger charge is -2.07. The van der Waals surface area contributed by atoms with Crippen LogP contribution < -0.4 is 5.32 Å². The molecule has 250 valence electrons. The predicted octanol–water partition coefficient (Wildman–Crippen LogP) is 9.26. The summed E-state index contributed by atoms with van der Waals surface area (Å²) >= 11 is 0. The molecule has 0 fully saturated rings. The van der Waals surface area contributed by atoms with Gasteiger partial charge in [-0.25, -0.2) is 14.6 Å². The van der Waals surface area contributed by atoms with Gasteiger partial charge >= 0.3 is 11.9 Å². The predicted molar refractivity (Wildman–Crippen MR) is 192 cm³/mol. The molecule has 4 rings (SSSR count). The second-order valence-electron chi connectivity index (χ2n) is 11.9. The van der Waals surface area contributed by atoms with Gasteiger partial charge in [-0.1, -0.05) is 125 Å². The van der Waals surface area contributed by atoms with Gasteiger partial charge in [-0.15, -0.1) is 0 Å². The number of rotatable bonds is 19. The highest BCUT2D eigenvalue weighted by molar-refractivity contribution is 5.95. The minimum atomic E-state index is -1.01. The maximum absolute atomic E-state index is 12.9. The highest BCUT2D eigenvalue weighted by Crippen LogP contribution is 2.33. The second kappa shape index (κ2) is 18.8. The number of H-pyrrole nitrogens is 1. The highest BCUT2D eigenvalue weighted by atomic mass is 16.4. The monoisotopic (exact) mass is 647 g/mol. The number of nitrogens with zero attached hydrogens (tertiary/aromatic N) is 1. The minimum absolute atomic E-state index is 0.0949. The zero-order chi connectivity index (χ0) is 34.1. The van der Waals surface area contributed by atoms with E-state index in [4.69, 9.17) is 15.2 Å². The van der Waals surface area contributed by atoms with Crippen molar-refractivity contribution in [2.75, 3.05) is 6.54 Å². The van der Waals surface area contributed by atoms with E-state index >= 15 is 0 Å². The lowest BCUT2D eigenvalue weighted by molar-refractivity contribution is -0.132. The van der Waals surface area contributed by atoms with E-state index < -0.39 is 11.9 Å². The zero-order valence-electron chi connectivity index (χ0n) is 27.6. The quantitative estimate of drug-likeness (QED) is 0.0592. The molecule has 1 heterocycles. The molecule has 0 bridgehead atoms. The van der Waals surface area contributed by atoms with Crippen molar-refractivity contribution >= 4 is 30.0 Å². The Balaban J connectivity index is 1.44. The van der Waals surface area contributed by atoms with Crippen LogP contribution in [0.5, 0.6) is 0 Å². The molecule has 3 aromatic carbocycles. The van der Waals surface area contributed by atoms with Gasteiger partial charge < -0.3 is 20.5 Å². The molecule has 1 amide bonds. The molecule has 0 saturated heterocycles. The maximum Gasteiger partial charge on any atom is 0.328 e. The number of nitrogens with one attached hydrogen (secondary N) is 2. The summed E-state index contributed by atoms with van der Waals surface area (Å²) in [5.41, 5.74) is 6.06. The molecule has 0 aliphatic carbocycles. The number of benzene rings is 3. The van der Waals surface area contributed by atoms with Crippen molar-refractivity contribution in [3.05, 3.63) is 102 Å². The second-order valence-corrected chi connectivity index (χ2v) is 11.9. The Morgan fingerprint density at radius 3 is 1.65 bits per heavy atom. The molecule has 0 saturated carbocycles. The van der Waals surface area contributed by atoms with Crippen LogP contribution in [0, 0.1) is 0 Å². The normalized spacial score (nSPS) is 11.4. The van der Waals surface area contributed by atoms with Gasteiger partial charge in [-0.2, -0.15) is 0 Å². The standard InChI is InChI=1S/C40H45N3O5/c1-2-3-4-5-6-7-8-9-10-11-28-41-40(48)34-24-22-32(23-25-34)38-37(31-18-12-29(13-19-31)16-26-35(44)45)42-39(43-38)33-20-14-30(15-21-33)17-27-36(46)47/h12-27H,2-11,28H2,1H3,(H,41,48)(H,42,43)(H,44,45)(H,46,47)/b26-16+,27-17+. The van der Waals surface area contributed by atoms with Crippen LogP contribution in [0.2, 0.25) is 0 Å². The molecule has 48 heavy (non-hydrogen) atoms. The molecule has 8 heteroatoms. The van der Waals surface area contributed by atoms with E-state index in [1.807, 2.05) is 72.8 Å². The number of amides is 1. The molecule has 0 atom stereocenters. The van der Waals surface area contributed by atoms with Crippen molar-refractivity contribution < 1.29 is 24.6 Å². The number of hydrogen-bond donors (Lipinski definition) is 4. The average molecular weight is 648 g/mol. The first-order chi connectivity index (χ1) is 23.3. The molecule has 4 aromatic rings. The summed E-state index contributed by atoms with van der Waals surface area (Å²) in [4.78, 5) is 43.1. The molecule has 0 spiro atoms. The number of carboxylic acids is 2. The number of hydrogen-bond acceptors (Lipinski definition) is 4.